The topological polar surface area (TPSA) is 48.7 Å². The Morgan fingerprint density at radius 3 is 3.00 bits per heavy atom. The first kappa shape index (κ1) is 12.1. The monoisotopic (exact) mass is 263 g/mol. The minimum atomic E-state index is 0.266. The maximum absolute atomic E-state index is 9.08. The molecule has 0 aliphatic heterocycles. The lowest BCUT2D eigenvalue weighted by Gasteiger charge is -2.15. The third-order valence-electron chi connectivity index (χ3n) is 2.57. The number of aryl methyl sites for hydroxylation is 1. The third-order valence-corrected chi connectivity index (χ3v) is 4.43. The lowest BCUT2D eigenvalue weighted by Crippen LogP contribution is -2.07. The van der Waals surface area contributed by atoms with Crippen molar-refractivity contribution in [1.82, 2.24) is 4.37 Å². The molecule has 0 fully saturated rings. The van der Waals surface area contributed by atoms with Crippen molar-refractivity contribution in [3.63, 3.8) is 0 Å². The molecule has 0 spiro atoms. The van der Waals surface area contributed by atoms with Crippen LogP contribution in [0.2, 0.25) is 0 Å². The first-order valence-corrected chi connectivity index (χ1v) is 7.07. The first-order chi connectivity index (χ1) is 8.26. The SMILES string of the molecule is CCC(Nc1snc(C)c1C#N)c1cccs1. The van der Waals surface area contributed by atoms with E-state index in [1.165, 1.54) is 16.4 Å². The van der Waals surface area contributed by atoms with Crippen molar-refractivity contribution in [2.75, 3.05) is 5.32 Å². The van der Waals surface area contributed by atoms with E-state index in [9.17, 15) is 0 Å². The molecule has 17 heavy (non-hydrogen) atoms. The Balaban J connectivity index is 2.22. The molecule has 0 amide bonds. The first-order valence-electron chi connectivity index (χ1n) is 5.42. The molecule has 2 aromatic heterocycles. The van der Waals surface area contributed by atoms with Gasteiger partial charge in [0.05, 0.1) is 11.7 Å². The number of hydrogen-bond donors (Lipinski definition) is 1. The van der Waals surface area contributed by atoms with Gasteiger partial charge in [0.1, 0.15) is 16.6 Å². The lowest BCUT2D eigenvalue weighted by atomic mass is 10.2. The zero-order chi connectivity index (χ0) is 12.3. The fourth-order valence-electron chi connectivity index (χ4n) is 1.62. The molecule has 1 N–H and O–H groups in total. The molecule has 1 atom stereocenters. The molecule has 0 bridgehead atoms. The number of aromatic nitrogens is 1. The van der Waals surface area contributed by atoms with Gasteiger partial charge >= 0.3 is 0 Å². The van der Waals surface area contributed by atoms with Crippen molar-refractivity contribution in [2.45, 2.75) is 26.3 Å². The summed E-state index contributed by atoms with van der Waals surface area (Å²) in [5.74, 6) is 0. The summed E-state index contributed by atoms with van der Waals surface area (Å²) >= 11 is 3.10. The zero-order valence-electron chi connectivity index (χ0n) is 9.73. The Morgan fingerprint density at radius 2 is 2.41 bits per heavy atom. The minimum absolute atomic E-state index is 0.266. The van der Waals surface area contributed by atoms with Crippen molar-refractivity contribution in [1.29, 1.82) is 5.26 Å². The second-order valence-electron chi connectivity index (χ2n) is 3.70. The summed E-state index contributed by atoms with van der Waals surface area (Å²) < 4.78 is 4.22. The van der Waals surface area contributed by atoms with E-state index in [0.717, 1.165) is 17.1 Å². The van der Waals surface area contributed by atoms with Crippen molar-refractivity contribution >= 4 is 27.9 Å². The van der Waals surface area contributed by atoms with Crippen LogP contribution >= 0.6 is 22.9 Å². The quantitative estimate of drug-likeness (QED) is 0.908. The van der Waals surface area contributed by atoms with E-state index in [-0.39, 0.29) is 6.04 Å². The van der Waals surface area contributed by atoms with E-state index in [0.29, 0.717) is 5.56 Å². The van der Waals surface area contributed by atoms with Crippen LogP contribution in [-0.4, -0.2) is 4.37 Å². The Kier molecular flexibility index (Phi) is 3.77. The van der Waals surface area contributed by atoms with Crippen LogP contribution in [0.15, 0.2) is 17.5 Å². The minimum Gasteiger partial charge on any atom is -0.367 e. The Hall–Kier alpha value is -1.38. The summed E-state index contributed by atoms with van der Waals surface area (Å²) in [7, 11) is 0. The normalized spacial score (nSPS) is 12.1. The number of nitrogens with one attached hydrogen (secondary N) is 1. The molecule has 3 nitrogen and oxygen atoms in total. The van der Waals surface area contributed by atoms with Crippen molar-refractivity contribution < 1.29 is 0 Å². The molecule has 0 aromatic carbocycles. The standard InChI is InChI=1S/C12H13N3S2/c1-3-10(11-5-4-6-16-11)14-12-9(7-13)8(2)15-17-12/h4-6,10,14H,3H2,1-2H3. The van der Waals surface area contributed by atoms with E-state index in [1.54, 1.807) is 11.3 Å². The van der Waals surface area contributed by atoms with Gasteiger partial charge in [-0.15, -0.1) is 11.3 Å². The van der Waals surface area contributed by atoms with Gasteiger partial charge in [0.25, 0.3) is 0 Å². The van der Waals surface area contributed by atoms with Gasteiger partial charge in [0, 0.05) is 4.88 Å². The van der Waals surface area contributed by atoms with E-state index in [4.69, 9.17) is 5.26 Å². The highest BCUT2D eigenvalue weighted by atomic mass is 32.1. The smallest absolute Gasteiger partial charge is 0.128 e. The molecular weight excluding hydrogens is 250 g/mol. The van der Waals surface area contributed by atoms with E-state index < -0.39 is 0 Å². The summed E-state index contributed by atoms with van der Waals surface area (Å²) in [5.41, 5.74) is 1.48. The Bertz CT molecular complexity index is 522. The van der Waals surface area contributed by atoms with Crippen LogP contribution in [0, 0.1) is 18.3 Å². The number of rotatable bonds is 4. The van der Waals surface area contributed by atoms with E-state index >= 15 is 0 Å². The largest absolute Gasteiger partial charge is 0.367 e. The maximum atomic E-state index is 9.08. The summed E-state index contributed by atoms with van der Waals surface area (Å²) in [6.07, 6.45) is 0.988. The molecular formula is C12H13N3S2. The fourth-order valence-corrected chi connectivity index (χ4v) is 3.28. The predicted octanol–water partition coefficient (Wildman–Crippen LogP) is 3.95. The Morgan fingerprint density at radius 1 is 1.59 bits per heavy atom. The molecule has 5 heteroatoms. The van der Waals surface area contributed by atoms with Gasteiger partial charge in [0.15, 0.2) is 0 Å². The van der Waals surface area contributed by atoms with E-state index in [2.05, 4.69) is 34.1 Å². The lowest BCUT2D eigenvalue weighted by molar-refractivity contribution is 0.766. The summed E-state index contributed by atoms with van der Waals surface area (Å²) in [6, 6.07) is 6.64. The highest BCUT2D eigenvalue weighted by molar-refractivity contribution is 7.11. The number of nitrogens with zero attached hydrogens (tertiary/aromatic N) is 2. The molecule has 88 valence electrons. The third kappa shape index (κ3) is 2.48. The molecule has 2 rings (SSSR count). The predicted molar refractivity (Wildman–Crippen MR) is 72.5 cm³/mol. The van der Waals surface area contributed by atoms with Gasteiger partial charge in [-0.05, 0) is 36.3 Å². The number of thiophene rings is 1. The van der Waals surface area contributed by atoms with Gasteiger partial charge in [-0.2, -0.15) is 9.64 Å². The molecule has 2 heterocycles. The summed E-state index contributed by atoms with van der Waals surface area (Å²) in [4.78, 5) is 1.29. The summed E-state index contributed by atoms with van der Waals surface area (Å²) in [6.45, 7) is 4.00. The number of anilines is 1. The average molecular weight is 263 g/mol. The number of nitriles is 1. The van der Waals surface area contributed by atoms with Gasteiger partial charge in [-0.1, -0.05) is 13.0 Å². The Labute approximate surface area is 109 Å². The molecule has 0 saturated carbocycles. The van der Waals surface area contributed by atoms with Crippen LogP contribution in [-0.2, 0) is 0 Å². The highest BCUT2D eigenvalue weighted by Gasteiger charge is 2.15. The van der Waals surface area contributed by atoms with Gasteiger partial charge < -0.3 is 5.32 Å². The molecule has 0 saturated heterocycles. The van der Waals surface area contributed by atoms with Crippen molar-refractivity contribution in [3.05, 3.63) is 33.6 Å². The second kappa shape index (κ2) is 5.30. The van der Waals surface area contributed by atoms with Crippen LogP contribution in [0.5, 0.6) is 0 Å². The van der Waals surface area contributed by atoms with Crippen LogP contribution in [0.1, 0.15) is 35.5 Å². The van der Waals surface area contributed by atoms with Crippen LogP contribution in [0.4, 0.5) is 5.00 Å². The van der Waals surface area contributed by atoms with E-state index in [1.807, 2.05) is 13.0 Å². The van der Waals surface area contributed by atoms with Gasteiger partial charge in [0.2, 0.25) is 0 Å². The van der Waals surface area contributed by atoms with Crippen molar-refractivity contribution in [2.24, 2.45) is 0 Å². The summed E-state index contributed by atoms with van der Waals surface area (Å²) in [5, 5.41) is 15.5. The van der Waals surface area contributed by atoms with Gasteiger partial charge in [-0.25, -0.2) is 0 Å². The average Bonchev–Trinajstić information content (AvgIpc) is 2.95. The second-order valence-corrected chi connectivity index (χ2v) is 5.46. The maximum Gasteiger partial charge on any atom is 0.128 e. The molecule has 0 aliphatic carbocycles. The van der Waals surface area contributed by atoms with Gasteiger partial charge in [-0.3, -0.25) is 0 Å². The molecule has 2 aromatic rings. The van der Waals surface area contributed by atoms with Crippen LogP contribution < -0.4 is 5.32 Å². The van der Waals surface area contributed by atoms with Crippen molar-refractivity contribution in [3.8, 4) is 6.07 Å². The zero-order valence-corrected chi connectivity index (χ0v) is 11.4. The molecule has 0 aliphatic rings. The fraction of sp³-hybridized carbons (Fsp3) is 0.333. The number of hydrogen-bond acceptors (Lipinski definition) is 5. The van der Waals surface area contributed by atoms with Crippen LogP contribution in [0.25, 0.3) is 0 Å². The van der Waals surface area contributed by atoms with Crippen LogP contribution in [0.3, 0.4) is 0 Å². The molecule has 1 unspecified atom stereocenters. The highest BCUT2D eigenvalue weighted by Crippen LogP contribution is 2.31. The molecule has 0 radical (unpaired) electrons.